The number of hydrogen-bond acceptors (Lipinski definition) is 4. The number of benzene rings is 1. The largest absolute Gasteiger partial charge is 0.472 e. The topological polar surface area (TPSA) is 62.7 Å². The van der Waals surface area contributed by atoms with Crippen LogP contribution in [0.1, 0.15) is 18.1 Å². The number of carbonyl (C=O) groups excluding carboxylic acids is 1. The van der Waals surface area contributed by atoms with Gasteiger partial charge in [0, 0.05) is 25.2 Å². The summed E-state index contributed by atoms with van der Waals surface area (Å²) in [6.07, 6.45) is 1.22. The van der Waals surface area contributed by atoms with E-state index in [-0.39, 0.29) is 12.0 Å². The molecule has 0 aliphatic carbocycles. The van der Waals surface area contributed by atoms with Gasteiger partial charge in [-0.1, -0.05) is 36.4 Å². The van der Waals surface area contributed by atoms with Gasteiger partial charge in [0.25, 0.3) is 5.91 Å². The van der Waals surface area contributed by atoms with Gasteiger partial charge in [-0.05, 0) is 11.6 Å². The number of pyridine rings is 1. The lowest BCUT2D eigenvalue weighted by Gasteiger charge is -2.20. The van der Waals surface area contributed by atoms with Crippen molar-refractivity contribution in [2.75, 3.05) is 13.1 Å². The zero-order chi connectivity index (χ0) is 15.4. The lowest BCUT2D eigenvalue weighted by molar-refractivity contribution is -0.139. The Kier molecular flexibility index (Phi) is 4.34. The van der Waals surface area contributed by atoms with Crippen LogP contribution in [0.25, 0.3) is 0 Å². The Bertz CT molecular complexity index is 618. The number of likely N-dealkylation sites (tertiary alicyclic amines) is 1. The minimum Gasteiger partial charge on any atom is -0.472 e. The zero-order valence-electron chi connectivity index (χ0n) is 12.1. The number of amides is 1. The van der Waals surface area contributed by atoms with Gasteiger partial charge in [0.2, 0.25) is 5.88 Å². The van der Waals surface area contributed by atoms with Crippen molar-refractivity contribution in [2.45, 2.75) is 18.6 Å². The quantitative estimate of drug-likeness (QED) is 0.935. The maximum absolute atomic E-state index is 12.3. The highest BCUT2D eigenvalue weighted by Gasteiger charge is 2.31. The van der Waals surface area contributed by atoms with Crippen LogP contribution in [0.5, 0.6) is 5.88 Å². The molecule has 1 amide bonds. The predicted octanol–water partition coefficient (Wildman–Crippen LogP) is 1.79. The van der Waals surface area contributed by atoms with Crippen molar-refractivity contribution < 1.29 is 14.6 Å². The monoisotopic (exact) mass is 298 g/mol. The Morgan fingerprint density at radius 2 is 2.00 bits per heavy atom. The number of aromatic nitrogens is 1. The molecule has 2 unspecified atom stereocenters. The molecule has 3 rings (SSSR count). The Morgan fingerprint density at radius 1 is 1.23 bits per heavy atom. The molecule has 1 aromatic carbocycles. The van der Waals surface area contributed by atoms with E-state index >= 15 is 0 Å². The molecule has 2 aromatic rings. The molecule has 1 aliphatic rings. The highest BCUT2D eigenvalue weighted by atomic mass is 16.5. The standard InChI is InChI=1S/C17H18N2O3/c20-16(13-6-2-1-3-7-13)17(21)19-11-9-14(12-19)22-15-8-4-5-10-18-15/h1-8,10,14,16,20H,9,11-12H2. The summed E-state index contributed by atoms with van der Waals surface area (Å²) in [6.45, 7) is 1.06. The summed E-state index contributed by atoms with van der Waals surface area (Å²) in [7, 11) is 0. The SMILES string of the molecule is O=C(C(O)c1ccccc1)N1CCC(Oc2ccccn2)C1. The van der Waals surface area contributed by atoms with Crippen LogP contribution in [0.2, 0.25) is 0 Å². The minimum absolute atomic E-state index is 0.0816. The van der Waals surface area contributed by atoms with Crippen LogP contribution in [-0.4, -0.2) is 40.1 Å². The average Bonchev–Trinajstić information content (AvgIpc) is 3.04. The molecule has 1 saturated heterocycles. The van der Waals surface area contributed by atoms with E-state index in [1.165, 1.54) is 0 Å². The first-order valence-electron chi connectivity index (χ1n) is 7.33. The van der Waals surface area contributed by atoms with Gasteiger partial charge in [-0.25, -0.2) is 4.98 Å². The van der Waals surface area contributed by atoms with Crippen LogP contribution in [0.4, 0.5) is 0 Å². The second kappa shape index (κ2) is 6.58. The molecule has 0 saturated carbocycles. The third-order valence-electron chi connectivity index (χ3n) is 3.73. The van der Waals surface area contributed by atoms with Gasteiger partial charge in [-0.2, -0.15) is 0 Å². The molecule has 114 valence electrons. The maximum Gasteiger partial charge on any atom is 0.256 e. The van der Waals surface area contributed by atoms with Crippen LogP contribution in [-0.2, 0) is 4.79 Å². The molecule has 1 N–H and O–H groups in total. The van der Waals surface area contributed by atoms with Gasteiger partial charge >= 0.3 is 0 Å². The first-order valence-corrected chi connectivity index (χ1v) is 7.33. The number of nitrogens with zero attached hydrogens (tertiary/aromatic N) is 2. The fraction of sp³-hybridized carbons (Fsp3) is 0.294. The van der Waals surface area contributed by atoms with Gasteiger partial charge in [0.15, 0.2) is 6.10 Å². The van der Waals surface area contributed by atoms with Crippen LogP contribution in [0, 0.1) is 0 Å². The fourth-order valence-corrected chi connectivity index (χ4v) is 2.56. The summed E-state index contributed by atoms with van der Waals surface area (Å²) in [5.41, 5.74) is 0.613. The summed E-state index contributed by atoms with van der Waals surface area (Å²) < 4.78 is 5.75. The van der Waals surface area contributed by atoms with Crippen molar-refractivity contribution in [1.29, 1.82) is 0 Å². The highest BCUT2D eigenvalue weighted by molar-refractivity contribution is 5.82. The van der Waals surface area contributed by atoms with Crippen LogP contribution in [0.15, 0.2) is 54.7 Å². The molecule has 2 atom stereocenters. The summed E-state index contributed by atoms with van der Waals surface area (Å²) in [5.74, 6) is 0.281. The Hall–Kier alpha value is -2.40. The van der Waals surface area contributed by atoms with Crippen molar-refractivity contribution in [2.24, 2.45) is 0 Å². The van der Waals surface area contributed by atoms with Crippen LogP contribution in [0.3, 0.4) is 0 Å². The molecule has 5 nitrogen and oxygen atoms in total. The number of ether oxygens (including phenoxy) is 1. The smallest absolute Gasteiger partial charge is 0.256 e. The van der Waals surface area contributed by atoms with Gasteiger partial charge in [-0.3, -0.25) is 4.79 Å². The molecule has 5 heteroatoms. The molecular weight excluding hydrogens is 280 g/mol. The zero-order valence-corrected chi connectivity index (χ0v) is 12.1. The van der Waals surface area contributed by atoms with E-state index in [9.17, 15) is 9.90 Å². The maximum atomic E-state index is 12.3. The van der Waals surface area contributed by atoms with Crippen LogP contribution >= 0.6 is 0 Å². The highest BCUT2D eigenvalue weighted by Crippen LogP contribution is 2.21. The molecule has 22 heavy (non-hydrogen) atoms. The number of carbonyl (C=O) groups is 1. The van der Waals surface area contributed by atoms with Gasteiger partial charge in [0.1, 0.15) is 6.10 Å². The molecule has 0 spiro atoms. The summed E-state index contributed by atoms with van der Waals surface area (Å²) in [6, 6.07) is 14.5. The number of aliphatic hydroxyl groups excluding tert-OH is 1. The third-order valence-corrected chi connectivity index (χ3v) is 3.73. The molecule has 1 aliphatic heterocycles. The number of aliphatic hydroxyl groups is 1. The second-order valence-corrected chi connectivity index (χ2v) is 5.29. The van der Waals surface area contributed by atoms with E-state index in [0.717, 1.165) is 6.42 Å². The molecular formula is C17H18N2O3. The first kappa shape index (κ1) is 14.5. The van der Waals surface area contributed by atoms with E-state index in [2.05, 4.69) is 4.98 Å². The molecule has 2 heterocycles. The van der Waals surface area contributed by atoms with Crippen molar-refractivity contribution in [3.63, 3.8) is 0 Å². The molecule has 1 fully saturated rings. The predicted molar refractivity (Wildman–Crippen MR) is 81.3 cm³/mol. The van der Waals surface area contributed by atoms with E-state index in [4.69, 9.17) is 4.74 Å². The Morgan fingerprint density at radius 3 is 2.73 bits per heavy atom. The number of hydrogen-bond donors (Lipinski definition) is 1. The van der Waals surface area contributed by atoms with Gasteiger partial charge in [-0.15, -0.1) is 0 Å². The number of rotatable bonds is 4. The lowest BCUT2D eigenvalue weighted by atomic mass is 10.1. The fourth-order valence-electron chi connectivity index (χ4n) is 2.56. The normalized spacial score (nSPS) is 19.0. The first-order chi connectivity index (χ1) is 10.7. The van der Waals surface area contributed by atoms with Gasteiger partial charge < -0.3 is 14.7 Å². The van der Waals surface area contributed by atoms with E-state index < -0.39 is 6.10 Å². The van der Waals surface area contributed by atoms with E-state index in [1.807, 2.05) is 30.3 Å². The van der Waals surface area contributed by atoms with Crippen molar-refractivity contribution in [3.05, 3.63) is 60.3 Å². The summed E-state index contributed by atoms with van der Waals surface area (Å²) in [4.78, 5) is 18.1. The average molecular weight is 298 g/mol. The minimum atomic E-state index is -1.12. The molecule has 0 bridgehead atoms. The van der Waals surface area contributed by atoms with Crippen LogP contribution < -0.4 is 4.74 Å². The van der Waals surface area contributed by atoms with Gasteiger partial charge in [0.05, 0.1) is 6.54 Å². The molecule has 1 aromatic heterocycles. The van der Waals surface area contributed by atoms with Crippen molar-refractivity contribution >= 4 is 5.91 Å². The summed E-state index contributed by atoms with van der Waals surface area (Å²) in [5, 5.41) is 10.2. The second-order valence-electron chi connectivity index (χ2n) is 5.29. The van der Waals surface area contributed by atoms with Crippen molar-refractivity contribution in [3.8, 4) is 5.88 Å². The van der Waals surface area contributed by atoms with E-state index in [1.54, 1.807) is 29.3 Å². The van der Waals surface area contributed by atoms with E-state index in [0.29, 0.717) is 24.5 Å². The molecule has 0 radical (unpaired) electrons. The summed E-state index contributed by atoms with van der Waals surface area (Å²) >= 11 is 0. The third kappa shape index (κ3) is 3.26. The Labute approximate surface area is 129 Å². The van der Waals surface area contributed by atoms with Crippen molar-refractivity contribution in [1.82, 2.24) is 9.88 Å². The lowest BCUT2D eigenvalue weighted by Crippen LogP contribution is -2.34. The Balaban J connectivity index is 1.59.